The molecule has 7 rings (SSSR count). The number of carbonyl (C=O) groups excluding carboxylic acids is 4. The molecular weight excluding hydrogens is 839 g/mol. The first-order valence-corrected chi connectivity index (χ1v) is 23.9. The second-order valence-electron chi connectivity index (χ2n) is 19.7. The van der Waals surface area contributed by atoms with Gasteiger partial charge in [-0.25, -0.2) is 18.2 Å². The van der Waals surface area contributed by atoms with E-state index >= 15 is 4.79 Å². The second kappa shape index (κ2) is 17.9. The van der Waals surface area contributed by atoms with Crippen molar-refractivity contribution in [1.82, 2.24) is 25.2 Å². The van der Waals surface area contributed by atoms with Crippen molar-refractivity contribution >= 4 is 44.6 Å². The van der Waals surface area contributed by atoms with E-state index in [1.807, 2.05) is 75.4 Å². The molecule has 3 fully saturated rings. The molecule has 64 heavy (non-hydrogen) atoms. The first-order chi connectivity index (χ1) is 30.1. The Morgan fingerprint density at radius 1 is 1.00 bits per heavy atom. The van der Waals surface area contributed by atoms with Gasteiger partial charge in [0.1, 0.15) is 40.8 Å². The zero-order valence-corrected chi connectivity index (χ0v) is 39.2. The number of rotatable bonds is 10. The lowest BCUT2D eigenvalue weighted by atomic mass is 9.88. The maximum absolute atomic E-state index is 15.1. The molecule has 346 valence electrons. The predicted octanol–water partition coefficient (Wildman–Crippen LogP) is 6.82. The SMILES string of the molecule is COc1ccc2c(O[C@@H]3C[C@H]4C(=O)N[C@]5(C(=O)NS(=O)(=O)C6(C)CC6)C[C@H]5/C=C\CC[C@@H](C)C[C@@H](C)[C@H](NC(=O)OC(C)(C)C)C(=O)N4C3)nc(-c3ccc(OC(C)C)cc3)cc2c1. The molecule has 2 aromatic carbocycles. The summed E-state index contributed by atoms with van der Waals surface area (Å²) in [7, 11) is -2.45. The molecule has 3 heterocycles. The van der Waals surface area contributed by atoms with E-state index < -0.39 is 73.8 Å². The Morgan fingerprint density at radius 3 is 2.36 bits per heavy atom. The molecule has 2 aliphatic carbocycles. The molecule has 15 nitrogen and oxygen atoms in total. The van der Waals surface area contributed by atoms with Crippen LogP contribution < -0.4 is 29.6 Å². The second-order valence-corrected chi connectivity index (χ2v) is 21.9. The van der Waals surface area contributed by atoms with E-state index in [1.54, 1.807) is 40.9 Å². The number of hydrogen-bond donors (Lipinski definition) is 3. The lowest BCUT2D eigenvalue weighted by molar-refractivity contribution is -0.142. The fourth-order valence-electron chi connectivity index (χ4n) is 8.73. The minimum Gasteiger partial charge on any atom is -0.497 e. The number of amides is 4. The highest BCUT2D eigenvalue weighted by Gasteiger charge is 2.63. The van der Waals surface area contributed by atoms with Gasteiger partial charge in [0.05, 0.1) is 30.2 Å². The van der Waals surface area contributed by atoms with Gasteiger partial charge in [0.15, 0.2) is 0 Å². The normalized spacial score (nSPS) is 27.5. The number of alkyl carbamates (subject to hydrolysis) is 1. The Hall–Kier alpha value is -5.38. The minimum atomic E-state index is -4.03. The van der Waals surface area contributed by atoms with Gasteiger partial charge in [0.2, 0.25) is 27.7 Å². The van der Waals surface area contributed by atoms with Crippen molar-refractivity contribution in [2.75, 3.05) is 13.7 Å². The number of carbonyl (C=O) groups is 4. The average molecular weight is 902 g/mol. The summed E-state index contributed by atoms with van der Waals surface area (Å²) in [6, 6.07) is 12.8. The number of hydrogen-bond acceptors (Lipinski definition) is 11. The van der Waals surface area contributed by atoms with Crippen molar-refractivity contribution < 1.29 is 46.5 Å². The van der Waals surface area contributed by atoms with Crippen molar-refractivity contribution in [2.24, 2.45) is 17.8 Å². The largest absolute Gasteiger partial charge is 0.497 e. The summed E-state index contributed by atoms with van der Waals surface area (Å²) in [5.74, 6) is -1.08. The summed E-state index contributed by atoms with van der Waals surface area (Å²) in [6.07, 6.45) is 5.31. The number of nitrogens with zero attached hydrogens (tertiary/aromatic N) is 2. The average Bonchev–Trinajstić information content (AvgIpc) is 4.10. The van der Waals surface area contributed by atoms with E-state index in [2.05, 4.69) is 22.3 Å². The van der Waals surface area contributed by atoms with Gasteiger partial charge in [0, 0.05) is 23.3 Å². The number of sulfonamides is 1. The minimum absolute atomic E-state index is 0.000793. The Labute approximate surface area is 376 Å². The first kappa shape index (κ1) is 46.6. The van der Waals surface area contributed by atoms with E-state index in [-0.39, 0.29) is 43.2 Å². The summed E-state index contributed by atoms with van der Waals surface area (Å²) in [5, 5.41) is 7.23. The Bertz CT molecular complexity index is 2410. The zero-order valence-electron chi connectivity index (χ0n) is 38.4. The summed E-state index contributed by atoms with van der Waals surface area (Å²) >= 11 is 0. The van der Waals surface area contributed by atoms with Gasteiger partial charge in [-0.3, -0.25) is 19.1 Å². The van der Waals surface area contributed by atoms with Crippen molar-refractivity contribution in [1.29, 1.82) is 0 Å². The smallest absolute Gasteiger partial charge is 0.408 e. The Morgan fingerprint density at radius 2 is 1.70 bits per heavy atom. The molecule has 16 heteroatoms. The fraction of sp³-hybridized carbons (Fsp3) is 0.562. The van der Waals surface area contributed by atoms with Crippen LogP contribution in [-0.4, -0.2) is 95.9 Å². The molecule has 3 aromatic rings. The highest BCUT2D eigenvalue weighted by atomic mass is 32.2. The summed E-state index contributed by atoms with van der Waals surface area (Å²) in [4.78, 5) is 63.7. The molecule has 0 spiro atoms. The fourth-order valence-corrected chi connectivity index (χ4v) is 10.0. The highest BCUT2D eigenvalue weighted by Crippen LogP contribution is 2.48. The van der Waals surface area contributed by atoms with Crippen LogP contribution in [0.25, 0.3) is 22.0 Å². The molecule has 1 aromatic heterocycles. The lowest BCUT2D eigenvalue weighted by Gasteiger charge is -2.33. The summed E-state index contributed by atoms with van der Waals surface area (Å²) in [5.41, 5.74) is -1.00. The van der Waals surface area contributed by atoms with Crippen molar-refractivity contribution in [3.63, 3.8) is 0 Å². The maximum atomic E-state index is 15.1. The van der Waals surface area contributed by atoms with Crippen LogP contribution in [-0.2, 0) is 29.1 Å². The van der Waals surface area contributed by atoms with E-state index in [1.165, 1.54) is 4.90 Å². The summed E-state index contributed by atoms with van der Waals surface area (Å²) < 4.78 is 51.7. The van der Waals surface area contributed by atoms with Crippen LogP contribution in [0.15, 0.2) is 60.7 Å². The van der Waals surface area contributed by atoms with E-state index in [4.69, 9.17) is 23.9 Å². The molecular formula is C48H63N5O10S. The molecule has 7 atom stereocenters. The molecule has 1 saturated heterocycles. The van der Waals surface area contributed by atoms with Crippen LogP contribution in [0.5, 0.6) is 17.4 Å². The van der Waals surface area contributed by atoms with Gasteiger partial charge in [-0.15, -0.1) is 0 Å². The van der Waals surface area contributed by atoms with Crippen molar-refractivity contribution in [2.45, 2.75) is 141 Å². The molecule has 0 radical (unpaired) electrons. The quantitative estimate of drug-likeness (QED) is 0.181. The number of pyridine rings is 1. The highest BCUT2D eigenvalue weighted by molar-refractivity contribution is 7.91. The van der Waals surface area contributed by atoms with Crippen LogP contribution >= 0.6 is 0 Å². The standard InChI is InChI=1S/C48H63N5O10S/c1-28(2)61-34-16-14-31(15-17-34)38-24-32-23-35(60-9)18-19-37(32)42(49-38)62-36-25-39-41(54)51-48(44(56)52-64(58,59)47(8)20-21-47)26-33(48)13-11-10-12-29(3)22-30(4)40(43(55)53(39)27-36)50-45(57)63-46(5,6)7/h11,13-19,23-24,28-30,33,36,39-40H,10,12,20-22,25-27H2,1-9H3,(H,50,57)(H,51,54)(H,52,56)/b13-11-/t29-,30-,33-,36-,39+,40+,48-/m1/s1. The third kappa shape index (κ3) is 10.3. The number of fused-ring (bicyclic) bond motifs is 3. The van der Waals surface area contributed by atoms with Crippen LogP contribution in [0.3, 0.4) is 0 Å². The molecule has 0 bridgehead atoms. The molecule has 3 N–H and O–H groups in total. The van der Waals surface area contributed by atoms with Crippen LogP contribution in [0, 0.1) is 17.8 Å². The van der Waals surface area contributed by atoms with E-state index in [0.717, 1.165) is 17.4 Å². The molecule has 2 aliphatic heterocycles. The van der Waals surface area contributed by atoms with Gasteiger partial charge in [-0.2, -0.15) is 0 Å². The van der Waals surface area contributed by atoms with Gasteiger partial charge >= 0.3 is 6.09 Å². The third-order valence-corrected chi connectivity index (χ3v) is 14.9. The van der Waals surface area contributed by atoms with Crippen LogP contribution in [0.2, 0.25) is 0 Å². The monoisotopic (exact) mass is 901 g/mol. The summed E-state index contributed by atoms with van der Waals surface area (Å²) in [6.45, 7) is 14.6. The van der Waals surface area contributed by atoms with Crippen molar-refractivity contribution in [3.05, 3.63) is 60.7 Å². The lowest BCUT2D eigenvalue weighted by Crippen LogP contribution is -2.59. The molecule has 2 saturated carbocycles. The van der Waals surface area contributed by atoms with Gasteiger partial charge in [0.25, 0.3) is 5.91 Å². The van der Waals surface area contributed by atoms with Gasteiger partial charge in [-0.05, 0) is 146 Å². The van der Waals surface area contributed by atoms with Crippen LogP contribution in [0.4, 0.5) is 4.79 Å². The number of aromatic nitrogens is 1. The topological polar surface area (TPSA) is 192 Å². The van der Waals surface area contributed by atoms with E-state index in [9.17, 15) is 22.8 Å². The Kier molecular flexibility index (Phi) is 13.0. The third-order valence-electron chi connectivity index (χ3n) is 12.7. The number of benzene rings is 2. The van der Waals surface area contributed by atoms with E-state index in [0.29, 0.717) is 48.3 Å². The molecule has 4 aliphatic rings. The van der Waals surface area contributed by atoms with Gasteiger partial charge < -0.3 is 34.5 Å². The number of ether oxygens (including phenoxy) is 4. The molecule has 0 unspecified atom stereocenters. The Balaban J connectivity index is 1.26. The first-order valence-electron chi connectivity index (χ1n) is 22.4. The maximum Gasteiger partial charge on any atom is 0.408 e. The predicted molar refractivity (Wildman–Crippen MR) is 242 cm³/mol. The number of allylic oxidation sites excluding steroid dienone is 1. The number of methoxy groups -OCH3 is 1. The van der Waals surface area contributed by atoms with Crippen molar-refractivity contribution in [3.8, 4) is 28.6 Å². The molecule has 4 amide bonds. The van der Waals surface area contributed by atoms with Gasteiger partial charge in [-0.1, -0.05) is 26.0 Å². The zero-order chi connectivity index (χ0) is 46.4. The number of nitrogens with one attached hydrogen (secondary N) is 3. The van der Waals surface area contributed by atoms with Crippen LogP contribution in [0.1, 0.15) is 100 Å².